The first-order chi connectivity index (χ1) is 8.16. The third kappa shape index (κ3) is 3.14. The monoisotopic (exact) mass is 232 g/mol. The number of hydrogen-bond acceptors (Lipinski definition) is 3. The first-order valence-electron chi connectivity index (χ1n) is 6.17. The maximum absolute atomic E-state index is 12.1. The predicted octanol–water partition coefficient (Wildman–Crippen LogP) is 1.47. The quantitative estimate of drug-likeness (QED) is 0.801. The van der Waals surface area contributed by atoms with Gasteiger partial charge in [0, 0.05) is 37.7 Å². The Bertz CT molecular complexity index is 386. The van der Waals surface area contributed by atoms with E-state index in [4.69, 9.17) is 0 Å². The highest BCUT2D eigenvalue weighted by Crippen LogP contribution is 2.11. The Morgan fingerprint density at radius 3 is 2.76 bits per heavy atom. The fraction of sp³-hybridized carbons (Fsp3) is 0.500. The standard InChI is InChI=1S/C14H20N2O/c1-11-3-5-12(6-4-11)14(17)9-13-10-15-7-8-16(13)2/h3-6,13,15H,7-10H2,1-2H3. The molecule has 1 aliphatic heterocycles. The summed E-state index contributed by atoms with van der Waals surface area (Å²) in [6.45, 7) is 4.98. The van der Waals surface area contributed by atoms with Crippen molar-refractivity contribution in [1.29, 1.82) is 0 Å². The van der Waals surface area contributed by atoms with Crippen LogP contribution in [0.15, 0.2) is 24.3 Å². The fourth-order valence-electron chi connectivity index (χ4n) is 2.16. The van der Waals surface area contributed by atoms with Crippen LogP contribution < -0.4 is 5.32 Å². The Hall–Kier alpha value is -1.19. The van der Waals surface area contributed by atoms with Crippen molar-refractivity contribution in [3.63, 3.8) is 0 Å². The molecule has 1 aliphatic rings. The summed E-state index contributed by atoms with van der Waals surface area (Å²) in [5.41, 5.74) is 2.02. The van der Waals surface area contributed by atoms with Crippen molar-refractivity contribution in [2.24, 2.45) is 0 Å². The summed E-state index contributed by atoms with van der Waals surface area (Å²) in [5, 5.41) is 3.34. The topological polar surface area (TPSA) is 32.3 Å². The van der Waals surface area contributed by atoms with E-state index in [0.29, 0.717) is 12.5 Å². The summed E-state index contributed by atoms with van der Waals surface area (Å²) >= 11 is 0. The van der Waals surface area contributed by atoms with Crippen LogP contribution >= 0.6 is 0 Å². The van der Waals surface area contributed by atoms with E-state index in [2.05, 4.69) is 17.3 Å². The maximum atomic E-state index is 12.1. The molecule has 3 heteroatoms. The maximum Gasteiger partial charge on any atom is 0.164 e. The second-order valence-electron chi connectivity index (χ2n) is 4.83. The summed E-state index contributed by atoms with van der Waals surface area (Å²) in [4.78, 5) is 14.4. The number of nitrogens with one attached hydrogen (secondary N) is 1. The van der Waals surface area contributed by atoms with Crippen LogP contribution in [0.2, 0.25) is 0 Å². The molecule has 1 atom stereocenters. The number of piperazine rings is 1. The van der Waals surface area contributed by atoms with E-state index >= 15 is 0 Å². The largest absolute Gasteiger partial charge is 0.314 e. The normalized spacial score (nSPS) is 21.4. The number of rotatable bonds is 3. The third-order valence-electron chi connectivity index (χ3n) is 3.44. The minimum absolute atomic E-state index is 0.241. The van der Waals surface area contributed by atoms with Gasteiger partial charge < -0.3 is 10.2 Å². The van der Waals surface area contributed by atoms with E-state index in [-0.39, 0.29) is 5.78 Å². The number of hydrogen-bond donors (Lipinski definition) is 1. The molecule has 0 saturated carbocycles. The van der Waals surface area contributed by atoms with Crippen LogP contribution in [-0.4, -0.2) is 43.4 Å². The molecule has 3 nitrogen and oxygen atoms in total. The van der Waals surface area contributed by atoms with Gasteiger partial charge in [0.25, 0.3) is 0 Å². The minimum Gasteiger partial charge on any atom is -0.314 e. The highest BCUT2D eigenvalue weighted by Gasteiger charge is 2.21. The molecule has 1 unspecified atom stereocenters. The highest BCUT2D eigenvalue weighted by molar-refractivity contribution is 5.96. The zero-order valence-electron chi connectivity index (χ0n) is 10.6. The first kappa shape index (κ1) is 12.3. The van der Waals surface area contributed by atoms with Crippen molar-refractivity contribution < 1.29 is 4.79 Å². The van der Waals surface area contributed by atoms with Crippen LogP contribution in [0.1, 0.15) is 22.3 Å². The van der Waals surface area contributed by atoms with Gasteiger partial charge in [0.05, 0.1) is 0 Å². The van der Waals surface area contributed by atoms with E-state index in [1.54, 1.807) is 0 Å². The number of nitrogens with zero attached hydrogens (tertiary/aromatic N) is 1. The van der Waals surface area contributed by atoms with Crippen molar-refractivity contribution in [3.05, 3.63) is 35.4 Å². The Kier molecular flexibility index (Phi) is 3.92. The Balaban J connectivity index is 1.98. The van der Waals surface area contributed by atoms with Gasteiger partial charge in [0.2, 0.25) is 0 Å². The van der Waals surface area contributed by atoms with Crippen molar-refractivity contribution >= 4 is 5.78 Å². The molecular weight excluding hydrogens is 212 g/mol. The molecular formula is C14H20N2O. The zero-order chi connectivity index (χ0) is 12.3. The lowest BCUT2D eigenvalue weighted by Crippen LogP contribution is -2.49. The smallest absolute Gasteiger partial charge is 0.164 e. The van der Waals surface area contributed by atoms with E-state index in [9.17, 15) is 4.79 Å². The molecule has 0 aliphatic carbocycles. The average Bonchev–Trinajstić information content (AvgIpc) is 2.33. The first-order valence-corrected chi connectivity index (χ1v) is 6.17. The van der Waals surface area contributed by atoms with Crippen LogP contribution in [0.4, 0.5) is 0 Å². The average molecular weight is 232 g/mol. The van der Waals surface area contributed by atoms with Crippen molar-refractivity contribution in [2.75, 3.05) is 26.7 Å². The second kappa shape index (κ2) is 5.43. The van der Waals surface area contributed by atoms with Crippen molar-refractivity contribution in [3.8, 4) is 0 Å². The summed E-state index contributed by atoms with van der Waals surface area (Å²) in [6, 6.07) is 8.17. The molecule has 1 aromatic rings. The van der Waals surface area contributed by atoms with Gasteiger partial charge in [-0.2, -0.15) is 0 Å². The molecule has 0 amide bonds. The third-order valence-corrected chi connectivity index (χ3v) is 3.44. The zero-order valence-corrected chi connectivity index (χ0v) is 10.6. The number of benzene rings is 1. The number of likely N-dealkylation sites (N-methyl/N-ethyl adjacent to an activating group) is 1. The van der Waals surface area contributed by atoms with Crippen LogP contribution in [0.3, 0.4) is 0 Å². The van der Waals surface area contributed by atoms with Gasteiger partial charge in [-0.05, 0) is 14.0 Å². The SMILES string of the molecule is Cc1ccc(C(=O)CC2CNCCN2C)cc1. The van der Waals surface area contributed by atoms with E-state index in [0.717, 1.165) is 25.2 Å². The van der Waals surface area contributed by atoms with Crippen LogP contribution in [0, 0.1) is 6.92 Å². The van der Waals surface area contributed by atoms with E-state index in [1.165, 1.54) is 5.56 Å². The Morgan fingerprint density at radius 1 is 1.41 bits per heavy atom. The van der Waals surface area contributed by atoms with Crippen LogP contribution in [0.25, 0.3) is 0 Å². The lowest BCUT2D eigenvalue weighted by molar-refractivity contribution is 0.0917. The fourth-order valence-corrected chi connectivity index (χ4v) is 2.16. The molecule has 17 heavy (non-hydrogen) atoms. The van der Waals surface area contributed by atoms with Gasteiger partial charge in [-0.1, -0.05) is 29.8 Å². The number of carbonyl (C=O) groups is 1. The summed E-state index contributed by atoms with van der Waals surface area (Å²) < 4.78 is 0. The predicted molar refractivity (Wildman–Crippen MR) is 69.4 cm³/mol. The van der Waals surface area contributed by atoms with Gasteiger partial charge >= 0.3 is 0 Å². The molecule has 1 aromatic carbocycles. The molecule has 0 radical (unpaired) electrons. The van der Waals surface area contributed by atoms with E-state index in [1.807, 2.05) is 31.2 Å². The Morgan fingerprint density at radius 2 is 2.12 bits per heavy atom. The number of aryl methyl sites for hydroxylation is 1. The number of Topliss-reactive ketones (excluding diaryl/α,β-unsaturated/α-hetero) is 1. The number of carbonyl (C=O) groups excluding carboxylic acids is 1. The molecule has 0 spiro atoms. The van der Waals surface area contributed by atoms with Gasteiger partial charge in [-0.25, -0.2) is 0 Å². The molecule has 0 aromatic heterocycles. The second-order valence-corrected chi connectivity index (χ2v) is 4.83. The molecule has 0 bridgehead atoms. The molecule has 1 saturated heterocycles. The molecule has 1 fully saturated rings. The highest BCUT2D eigenvalue weighted by atomic mass is 16.1. The van der Waals surface area contributed by atoms with E-state index < -0.39 is 0 Å². The Labute approximate surface area is 103 Å². The van der Waals surface area contributed by atoms with Crippen molar-refractivity contribution in [2.45, 2.75) is 19.4 Å². The minimum atomic E-state index is 0.241. The summed E-state index contributed by atoms with van der Waals surface area (Å²) in [7, 11) is 2.09. The van der Waals surface area contributed by atoms with Gasteiger partial charge in [0.15, 0.2) is 5.78 Å². The van der Waals surface area contributed by atoms with Gasteiger partial charge in [-0.3, -0.25) is 4.79 Å². The lowest BCUT2D eigenvalue weighted by atomic mass is 10.0. The number of ketones is 1. The molecule has 92 valence electrons. The molecule has 1 heterocycles. The van der Waals surface area contributed by atoms with Gasteiger partial charge in [0.1, 0.15) is 0 Å². The molecule has 1 N–H and O–H groups in total. The summed E-state index contributed by atoms with van der Waals surface area (Å²) in [6.07, 6.45) is 0.604. The van der Waals surface area contributed by atoms with Crippen LogP contribution in [0.5, 0.6) is 0 Å². The molecule has 2 rings (SSSR count). The van der Waals surface area contributed by atoms with Crippen LogP contribution in [-0.2, 0) is 0 Å². The van der Waals surface area contributed by atoms with Gasteiger partial charge in [-0.15, -0.1) is 0 Å². The summed E-state index contributed by atoms with van der Waals surface area (Å²) in [5.74, 6) is 0.241. The lowest BCUT2D eigenvalue weighted by Gasteiger charge is -2.32. The van der Waals surface area contributed by atoms with Crippen molar-refractivity contribution in [1.82, 2.24) is 10.2 Å².